The molecule has 0 aliphatic carbocycles. The lowest BCUT2D eigenvalue weighted by Crippen LogP contribution is -2.35. The van der Waals surface area contributed by atoms with E-state index in [1.165, 1.54) is 45.6 Å². The van der Waals surface area contributed by atoms with Gasteiger partial charge in [0.2, 0.25) is 0 Å². The Kier molecular flexibility index (Phi) is 6.51. The average molecular weight is 427 g/mol. The van der Waals surface area contributed by atoms with E-state index in [4.69, 9.17) is 14.2 Å². The predicted octanol–water partition coefficient (Wildman–Crippen LogP) is 2.45. The maximum atomic E-state index is 13.1. The molecule has 0 aromatic heterocycles. The lowest BCUT2D eigenvalue weighted by Gasteiger charge is -2.15. The number of benzene rings is 2. The van der Waals surface area contributed by atoms with Gasteiger partial charge >= 0.3 is 0 Å². The number of anilines is 1. The normalized spacial score (nSPS) is 13.6. The van der Waals surface area contributed by atoms with Crippen molar-refractivity contribution in [1.82, 2.24) is 4.90 Å². The van der Waals surface area contributed by atoms with Crippen molar-refractivity contribution >= 4 is 28.8 Å². The van der Waals surface area contributed by atoms with Gasteiger partial charge in [0.05, 0.1) is 43.6 Å². The Labute approximate surface area is 178 Å². The quantitative estimate of drug-likeness (QED) is 0.368. The van der Waals surface area contributed by atoms with E-state index >= 15 is 0 Å². The summed E-state index contributed by atoms with van der Waals surface area (Å²) >= 11 is 0. The molecule has 0 spiro atoms. The molecule has 0 unspecified atom stereocenters. The third kappa shape index (κ3) is 4.33. The minimum absolute atomic E-state index is 0.0292. The van der Waals surface area contributed by atoms with E-state index in [2.05, 4.69) is 5.32 Å². The lowest BCUT2D eigenvalue weighted by atomic mass is 10.0. The fraction of sp³-hybridized carbons (Fsp3) is 0.238. The van der Waals surface area contributed by atoms with Crippen molar-refractivity contribution < 1.29 is 28.7 Å². The number of nitro benzene ring substituents is 1. The molecule has 0 saturated heterocycles. The van der Waals surface area contributed by atoms with Crippen molar-refractivity contribution in [2.75, 3.05) is 39.8 Å². The van der Waals surface area contributed by atoms with Crippen LogP contribution >= 0.6 is 0 Å². The van der Waals surface area contributed by atoms with Gasteiger partial charge < -0.3 is 19.5 Å². The number of hydrogen-bond acceptors (Lipinski definition) is 8. The molecule has 3 rings (SSSR count). The molecule has 0 radical (unpaired) electrons. The standard InChI is InChI=1S/C21H21N3O7/c1-29-11-10-23-20(25)18(13-4-6-14(7-5-13)24(27)28)19(21(23)26)22-16-12-15(30-2)8-9-17(16)31-3/h4-9,12,22H,10-11H2,1-3H3. The number of rotatable bonds is 9. The number of nitro groups is 1. The van der Waals surface area contributed by atoms with Crippen LogP contribution in [0.4, 0.5) is 11.4 Å². The summed E-state index contributed by atoms with van der Waals surface area (Å²) in [4.78, 5) is 37.7. The molecule has 1 aliphatic rings. The first-order chi connectivity index (χ1) is 14.9. The topological polar surface area (TPSA) is 120 Å². The second kappa shape index (κ2) is 9.26. The summed E-state index contributed by atoms with van der Waals surface area (Å²) in [6, 6.07) is 10.4. The first-order valence-corrected chi connectivity index (χ1v) is 9.24. The van der Waals surface area contributed by atoms with E-state index in [1.54, 1.807) is 18.2 Å². The zero-order valence-electron chi connectivity index (χ0n) is 17.2. The third-order valence-corrected chi connectivity index (χ3v) is 4.72. The van der Waals surface area contributed by atoms with Crippen LogP contribution in [-0.4, -0.2) is 56.1 Å². The molecule has 2 aromatic carbocycles. The van der Waals surface area contributed by atoms with Crippen LogP contribution < -0.4 is 14.8 Å². The van der Waals surface area contributed by atoms with Crippen LogP contribution in [0.3, 0.4) is 0 Å². The number of nitrogens with one attached hydrogen (secondary N) is 1. The number of carbonyl (C=O) groups is 2. The van der Waals surface area contributed by atoms with Gasteiger partial charge in [-0.1, -0.05) is 0 Å². The molecule has 31 heavy (non-hydrogen) atoms. The molecule has 2 amide bonds. The largest absolute Gasteiger partial charge is 0.497 e. The lowest BCUT2D eigenvalue weighted by molar-refractivity contribution is -0.384. The summed E-state index contributed by atoms with van der Waals surface area (Å²) in [5, 5.41) is 14.0. The molecular formula is C21H21N3O7. The summed E-state index contributed by atoms with van der Waals surface area (Å²) in [5.74, 6) is -0.110. The Morgan fingerprint density at radius 1 is 1.00 bits per heavy atom. The molecule has 1 heterocycles. The highest BCUT2D eigenvalue weighted by Gasteiger charge is 2.39. The highest BCUT2D eigenvalue weighted by atomic mass is 16.6. The first kappa shape index (κ1) is 21.8. The maximum absolute atomic E-state index is 13.1. The second-order valence-electron chi connectivity index (χ2n) is 6.50. The minimum Gasteiger partial charge on any atom is -0.497 e. The van der Waals surface area contributed by atoms with E-state index in [1.807, 2.05) is 0 Å². The molecule has 10 heteroatoms. The summed E-state index contributed by atoms with van der Waals surface area (Å²) in [5.41, 5.74) is 0.794. The zero-order chi connectivity index (χ0) is 22.5. The van der Waals surface area contributed by atoms with Gasteiger partial charge in [-0.3, -0.25) is 24.6 Å². The van der Waals surface area contributed by atoms with E-state index in [0.29, 0.717) is 22.7 Å². The van der Waals surface area contributed by atoms with Gasteiger partial charge in [0.15, 0.2) is 0 Å². The smallest absolute Gasteiger partial charge is 0.278 e. The van der Waals surface area contributed by atoms with Crippen molar-refractivity contribution in [2.24, 2.45) is 0 Å². The maximum Gasteiger partial charge on any atom is 0.278 e. The molecular weight excluding hydrogens is 406 g/mol. The van der Waals surface area contributed by atoms with Gasteiger partial charge in [-0.05, 0) is 29.8 Å². The van der Waals surface area contributed by atoms with E-state index in [9.17, 15) is 19.7 Å². The summed E-state index contributed by atoms with van der Waals surface area (Å²) in [7, 11) is 4.45. The Balaban J connectivity index is 2.09. The number of carbonyl (C=O) groups excluding carboxylic acids is 2. The van der Waals surface area contributed by atoms with Crippen LogP contribution in [0.1, 0.15) is 5.56 Å². The molecule has 1 N–H and O–H groups in total. The SMILES string of the molecule is COCCN1C(=O)C(Nc2cc(OC)ccc2OC)=C(c2ccc([N+](=O)[O-])cc2)C1=O. The monoisotopic (exact) mass is 427 g/mol. The molecule has 162 valence electrons. The number of hydrogen-bond donors (Lipinski definition) is 1. The number of ether oxygens (including phenoxy) is 3. The van der Waals surface area contributed by atoms with Crippen LogP contribution in [0.25, 0.3) is 5.57 Å². The van der Waals surface area contributed by atoms with Crippen LogP contribution in [0, 0.1) is 10.1 Å². The van der Waals surface area contributed by atoms with E-state index in [0.717, 1.165) is 4.90 Å². The van der Waals surface area contributed by atoms with Gasteiger partial charge in [0, 0.05) is 25.3 Å². The predicted molar refractivity (Wildman–Crippen MR) is 112 cm³/mol. The van der Waals surface area contributed by atoms with E-state index < -0.39 is 16.7 Å². The number of non-ortho nitro benzene ring substituents is 1. The van der Waals surface area contributed by atoms with Gasteiger partial charge in [-0.25, -0.2) is 0 Å². The van der Waals surface area contributed by atoms with Crippen LogP contribution in [0.5, 0.6) is 11.5 Å². The Morgan fingerprint density at radius 2 is 1.71 bits per heavy atom. The molecule has 0 atom stereocenters. The number of nitrogens with zero attached hydrogens (tertiary/aromatic N) is 2. The van der Waals surface area contributed by atoms with Gasteiger partial charge in [-0.15, -0.1) is 0 Å². The van der Waals surface area contributed by atoms with Crippen molar-refractivity contribution in [3.05, 3.63) is 63.8 Å². The molecule has 0 bridgehead atoms. The molecule has 0 saturated carbocycles. The number of imide groups is 1. The number of methoxy groups -OCH3 is 3. The summed E-state index contributed by atoms with van der Waals surface area (Å²) in [6.45, 7) is 0.228. The highest BCUT2D eigenvalue weighted by Crippen LogP contribution is 2.35. The highest BCUT2D eigenvalue weighted by molar-refractivity contribution is 6.36. The van der Waals surface area contributed by atoms with Crippen molar-refractivity contribution in [3.63, 3.8) is 0 Å². The van der Waals surface area contributed by atoms with Gasteiger partial charge in [0.1, 0.15) is 17.2 Å². The van der Waals surface area contributed by atoms with Gasteiger partial charge in [0.25, 0.3) is 17.5 Å². The first-order valence-electron chi connectivity index (χ1n) is 9.24. The zero-order valence-corrected chi connectivity index (χ0v) is 17.2. The van der Waals surface area contributed by atoms with Crippen molar-refractivity contribution in [2.45, 2.75) is 0 Å². The molecule has 2 aromatic rings. The van der Waals surface area contributed by atoms with Crippen LogP contribution in [0.2, 0.25) is 0 Å². The average Bonchev–Trinajstić information content (AvgIpc) is 3.01. The molecule has 10 nitrogen and oxygen atoms in total. The Hall–Kier alpha value is -3.92. The molecule has 0 fully saturated rings. The summed E-state index contributed by atoms with van der Waals surface area (Å²) in [6.07, 6.45) is 0. The Bertz CT molecular complexity index is 1050. The Morgan fingerprint density at radius 3 is 2.29 bits per heavy atom. The summed E-state index contributed by atoms with van der Waals surface area (Å²) < 4.78 is 15.6. The fourth-order valence-corrected chi connectivity index (χ4v) is 3.14. The second-order valence-corrected chi connectivity index (χ2v) is 6.50. The third-order valence-electron chi connectivity index (χ3n) is 4.72. The minimum atomic E-state index is -0.541. The molecule has 1 aliphatic heterocycles. The van der Waals surface area contributed by atoms with Gasteiger partial charge in [-0.2, -0.15) is 0 Å². The van der Waals surface area contributed by atoms with Crippen LogP contribution in [-0.2, 0) is 14.3 Å². The number of amides is 2. The fourth-order valence-electron chi connectivity index (χ4n) is 3.14. The van der Waals surface area contributed by atoms with Crippen molar-refractivity contribution in [3.8, 4) is 11.5 Å². The van der Waals surface area contributed by atoms with Crippen molar-refractivity contribution in [1.29, 1.82) is 0 Å². The van der Waals surface area contributed by atoms with Crippen LogP contribution in [0.15, 0.2) is 48.2 Å². The van der Waals surface area contributed by atoms with E-state index in [-0.39, 0.29) is 30.1 Å².